The average molecular weight is 308 g/mol. The first kappa shape index (κ1) is 14.8. The van der Waals surface area contributed by atoms with Crippen molar-refractivity contribution < 1.29 is 14.3 Å². The van der Waals surface area contributed by atoms with Gasteiger partial charge in [0.25, 0.3) is 11.8 Å². The van der Waals surface area contributed by atoms with Gasteiger partial charge in [0.15, 0.2) is 0 Å². The van der Waals surface area contributed by atoms with E-state index in [2.05, 4.69) is 5.32 Å². The van der Waals surface area contributed by atoms with E-state index in [-0.39, 0.29) is 17.5 Å². The summed E-state index contributed by atoms with van der Waals surface area (Å²) in [6.45, 7) is 0. The van der Waals surface area contributed by atoms with Crippen LogP contribution in [0, 0.1) is 0 Å². The van der Waals surface area contributed by atoms with Crippen LogP contribution in [0.5, 0.6) is 5.75 Å². The highest BCUT2D eigenvalue weighted by Crippen LogP contribution is 2.28. The Labute approximate surface area is 134 Å². The van der Waals surface area contributed by atoms with Crippen molar-refractivity contribution in [2.24, 2.45) is 0 Å². The molecule has 2 amide bonds. The van der Waals surface area contributed by atoms with Crippen LogP contribution >= 0.6 is 0 Å². The first-order valence-electron chi connectivity index (χ1n) is 7.14. The molecule has 0 spiro atoms. The van der Waals surface area contributed by atoms with Crippen LogP contribution in [0.1, 0.15) is 15.9 Å². The molecule has 1 N–H and O–H groups in total. The van der Waals surface area contributed by atoms with E-state index in [9.17, 15) is 9.59 Å². The number of rotatable bonds is 2. The fourth-order valence-corrected chi connectivity index (χ4v) is 2.43. The van der Waals surface area contributed by atoms with E-state index in [1.54, 1.807) is 31.3 Å². The molecule has 5 nitrogen and oxygen atoms in total. The second-order valence-corrected chi connectivity index (χ2v) is 5.17. The summed E-state index contributed by atoms with van der Waals surface area (Å²) in [6, 6.07) is 14.4. The molecule has 5 heteroatoms. The lowest BCUT2D eigenvalue weighted by molar-refractivity contribution is -0.113. The molecular weight excluding hydrogens is 292 g/mol. The summed E-state index contributed by atoms with van der Waals surface area (Å²) in [6.07, 6.45) is 1.69. The van der Waals surface area contributed by atoms with Gasteiger partial charge >= 0.3 is 0 Å². The number of carbonyl (C=O) groups excluding carboxylic acids is 2. The Hall–Kier alpha value is -3.08. The molecule has 0 aliphatic carbocycles. The maximum absolute atomic E-state index is 12.7. The number of nitrogens with zero attached hydrogens (tertiary/aromatic N) is 1. The number of likely N-dealkylation sites (N-methyl/N-ethyl adjacent to an activating group) is 1. The fraction of sp³-hybridized carbons (Fsp3) is 0.111. The summed E-state index contributed by atoms with van der Waals surface area (Å²) >= 11 is 0. The fourth-order valence-electron chi connectivity index (χ4n) is 2.43. The van der Waals surface area contributed by atoms with Crippen LogP contribution in [0.3, 0.4) is 0 Å². The Morgan fingerprint density at radius 2 is 1.83 bits per heavy atom. The molecule has 0 unspecified atom stereocenters. The van der Waals surface area contributed by atoms with E-state index in [1.165, 1.54) is 12.0 Å². The molecule has 2 aromatic carbocycles. The lowest BCUT2D eigenvalue weighted by Gasteiger charge is -2.16. The van der Waals surface area contributed by atoms with Crippen LogP contribution in [0.4, 0.5) is 5.69 Å². The van der Waals surface area contributed by atoms with Gasteiger partial charge in [0.05, 0.1) is 18.4 Å². The molecule has 3 rings (SSSR count). The average Bonchev–Trinajstić information content (AvgIpc) is 2.66. The standard InChI is InChI=1S/C18H16N2O3/c1-20-16(10-12-6-4-3-5-7-12)17(21)19-15-9-8-13(23-2)11-14(15)18(20)22/h3-11H,1-2H3,(H,19,21). The number of ether oxygens (including phenoxy) is 1. The smallest absolute Gasteiger partial charge is 0.272 e. The molecule has 0 atom stereocenters. The number of hydrogen-bond acceptors (Lipinski definition) is 3. The molecule has 0 radical (unpaired) electrons. The van der Waals surface area contributed by atoms with Gasteiger partial charge in [-0.15, -0.1) is 0 Å². The maximum Gasteiger partial charge on any atom is 0.272 e. The third kappa shape index (κ3) is 2.81. The van der Waals surface area contributed by atoms with Gasteiger partial charge in [0, 0.05) is 7.05 Å². The van der Waals surface area contributed by atoms with Gasteiger partial charge in [-0.2, -0.15) is 0 Å². The molecule has 1 aliphatic rings. The van der Waals surface area contributed by atoms with Crippen molar-refractivity contribution in [3.8, 4) is 5.75 Å². The summed E-state index contributed by atoms with van der Waals surface area (Å²) in [4.78, 5) is 26.5. The van der Waals surface area contributed by atoms with Gasteiger partial charge in [-0.1, -0.05) is 30.3 Å². The lowest BCUT2D eigenvalue weighted by Crippen LogP contribution is -2.29. The number of fused-ring (bicyclic) bond motifs is 1. The van der Waals surface area contributed by atoms with Crippen LogP contribution in [0.25, 0.3) is 6.08 Å². The molecule has 0 fully saturated rings. The van der Waals surface area contributed by atoms with Crippen LogP contribution in [-0.4, -0.2) is 30.9 Å². The topological polar surface area (TPSA) is 58.6 Å². The van der Waals surface area contributed by atoms with Gasteiger partial charge in [-0.05, 0) is 29.8 Å². The molecule has 1 heterocycles. The van der Waals surface area contributed by atoms with Gasteiger partial charge < -0.3 is 15.0 Å². The molecule has 1 aliphatic heterocycles. The van der Waals surface area contributed by atoms with E-state index in [0.29, 0.717) is 17.0 Å². The second-order valence-electron chi connectivity index (χ2n) is 5.17. The number of benzene rings is 2. The van der Waals surface area contributed by atoms with Crippen molar-refractivity contribution in [2.45, 2.75) is 0 Å². The van der Waals surface area contributed by atoms with Crippen LogP contribution in [0.15, 0.2) is 54.2 Å². The quantitative estimate of drug-likeness (QED) is 0.868. The number of nitrogens with one attached hydrogen (secondary N) is 1. The van der Waals surface area contributed by atoms with Crippen LogP contribution in [0.2, 0.25) is 0 Å². The van der Waals surface area contributed by atoms with Crippen LogP contribution < -0.4 is 10.1 Å². The van der Waals surface area contributed by atoms with Gasteiger partial charge in [-0.3, -0.25) is 9.59 Å². The summed E-state index contributed by atoms with van der Waals surface area (Å²) < 4.78 is 5.16. The number of hydrogen-bond donors (Lipinski definition) is 1. The predicted octanol–water partition coefficient (Wildman–Crippen LogP) is 2.76. The number of methoxy groups -OCH3 is 1. The van der Waals surface area contributed by atoms with E-state index in [4.69, 9.17) is 4.74 Å². The van der Waals surface area contributed by atoms with Crippen LogP contribution in [-0.2, 0) is 4.79 Å². The highest BCUT2D eigenvalue weighted by atomic mass is 16.5. The third-order valence-electron chi connectivity index (χ3n) is 3.71. The van der Waals surface area contributed by atoms with Crippen molar-refractivity contribution >= 4 is 23.6 Å². The van der Waals surface area contributed by atoms with E-state index in [1.807, 2.05) is 30.3 Å². The predicted molar refractivity (Wildman–Crippen MR) is 88.1 cm³/mol. The minimum atomic E-state index is -0.325. The molecule has 116 valence electrons. The first-order chi connectivity index (χ1) is 11.1. The number of anilines is 1. The van der Waals surface area contributed by atoms with E-state index >= 15 is 0 Å². The zero-order chi connectivity index (χ0) is 16.4. The Kier molecular flexibility index (Phi) is 3.85. The molecular formula is C18H16N2O3. The number of amides is 2. The molecule has 0 aromatic heterocycles. The molecule has 0 saturated carbocycles. The lowest BCUT2D eigenvalue weighted by atomic mass is 10.1. The summed E-state index contributed by atoms with van der Waals surface area (Å²) in [5, 5.41) is 2.78. The normalized spacial score (nSPS) is 15.9. The first-order valence-corrected chi connectivity index (χ1v) is 7.14. The molecule has 2 aromatic rings. The Bertz CT molecular complexity index is 797. The summed E-state index contributed by atoms with van der Waals surface area (Å²) in [7, 11) is 3.12. The van der Waals surface area contributed by atoms with E-state index < -0.39 is 0 Å². The zero-order valence-corrected chi connectivity index (χ0v) is 12.9. The summed E-state index contributed by atoms with van der Waals surface area (Å²) in [5.74, 6) is -0.0247. The highest BCUT2D eigenvalue weighted by molar-refractivity contribution is 6.16. The van der Waals surface area contributed by atoms with Crippen molar-refractivity contribution in [3.05, 3.63) is 65.4 Å². The second kappa shape index (κ2) is 5.96. The number of carbonyl (C=O) groups is 2. The van der Waals surface area contributed by atoms with Gasteiger partial charge in [0.1, 0.15) is 11.4 Å². The minimum Gasteiger partial charge on any atom is -0.497 e. The molecule has 23 heavy (non-hydrogen) atoms. The molecule has 0 bridgehead atoms. The van der Waals surface area contributed by atoms with E-state index in [0.717, 1.165) is 5.56 Å². The monoisotopic (exact) mass is 308 g/mol. The van der Waals surface area contributed by atoms with Crippen molar-refractivity contribution in [1.82, 2.24) is 4.90 Å². The largest absolute Gasteiger partial charge is 0.497 e. The van der Waals surface area contributed by atoms with Gasteiger partial charge in [-0.25, -0.2) is 0 Å². The summed E-state index contributed by atoms with van der Waals surface area (Å²) in [5.41, 5.74) is 2.01. The molecule has 0 saturated heterocycles. The SMILES string of the molecule is COc1ccc2c(c1)C(=O)N(C)C(=Cc1ccccc1)C(=O)N2. The van der Waals surface area contributed by atoms with Crippen molar-refractivity contribution in [3.63, 3.8) is 0 Å². The Morgan fingerprint density at radius 3 is 2.52 bits per heavy atom. The minimum absolute atomic E-state index is 0.264. The van der Waals surface area contributed by atoms with Gasteiger partial charge in [0.2, 0.25) is 0 Å². The Morgan fingerprint density at radius 1 is 1.09 bits per heavy atom. The maximum atomic E-state index is 12.7. The van der Waals surface area contributed by atoms with Crippen molar-refractivity contribution in [2.75, 3.05) is 19.5 Å². The van der Waals surface area contributed by atoms with Crippen molar-refractivity contribution in [1.29, 1.82) is 0 Å². The zero-order valence-electron chi connectivity index (χ0n) is 12.9. The highest BCUT2D eigenvalue weighted by Gasteiger charge is 2.28. The third-order valence-corrected chi connectivity index (χ3v) is 3.71. The Balaban J connectivity index is 2.06.